The van der Waals surface area contributed by atoms with Crippen molar-refractivity contribution in [3.05, 3.63) is 26.6 Å². The summed E-state index contributed by atoms with van der Waals surface area (Å²) in [6.07, 6.45) is 0. The molecule has 0 radical (unpaired) electrons. The smallest absolute Gasteiger partial charge is 0.239 e. The van der Waals surface area contributed by atoms with Gasteiger partial charge in [-0.25, -0.2) is 0 Å². The molecule has 1 aromatic carbocycles. The molecule has 0 heterocycles. The molecular weight excluding hydrogens is 388 g/mol. The van der Waals surface area contributed by atoms with Crippen molar-refractivity contribution in [2.45, 2.75) is 26.4 Å². The van der Waals surface area contributed by atoms with Crippen molar-refractivity contribution in [1.82, 2.24) is 10.2 Å². The second-order valence-corrected chi connectivity index (χ2v) is 6.30. The van der Waals surface area contributed by atoms with E-state index >= 15 is 0 Å². The standard InChI is InChI=1S/C14H20Br2N2O2/c1-5-18(3)14(19)9(2)17-8-10-6-11(15)7-12(16)13(10)20-4/h6-7,9,17H,5,8H2,1-4H3. The van der Waals surface area contributed by atoms with E-state index in [0.717, 1.165) is 20.3 Å². The molecule has 0 fully saturated rings. The molecule has 4 nitrogen and oxygen atoms in total. The van der Waals surface area contributed by atoms with E-state index in [-0.39, 0.29) is 11.9 Å². The first kappa shape index (κ1) is 17.5. The highest BCUT2D eigenvalue weighted by Gasteiger charge is 2.17. The van der Waals surface area contributed by atoms with Crippen molar-refractivity contribution in [3.8, 4) is 5.75 Å². The van der Waals surface area contributed by atoms with Gasteiger partial charge in [0.15, 0.2) is 0 Å². The Morgan fingerprint density at radius 2 is 2.10 bits per heavy atom. The molecule has 112 valence electrons. The molecule has 1 rings (SSSR count). The van der Waals surface area contributed by atoms with Gasteiger partial charge in [0.1, 0.15) is 5.75 Å². The molecule has 0 saturated carbocycles. The zero-order valence-corrected chi connectivity index (χ0v) is 15.3. The molecule has 0 aromatic heterocycles. The molecular formula is C14H20Br2N2O2. The fourth-order valence-corrected chi connectivity index (χ4v) is 3.29. The Morgan fingerprint density at radius 3 is 2.65 bits per heavy atom. The second-order valence-electron chi connectivity index (χ2n) is 4.53. The van der Waals surface area contributed by atoms with Crippen LogP contribution in [-0.4, -0.2) is 37.6 Å². The fourth-order valence-electron chi connectivity index (χ4n) is 1.81. The number of likely N-dealkylation sites (N-methyl/N-ethyl adjacent to an activating group) is 1. The summed E-state index contributed by atoms with van der Waals surface area (Å²) < 4.78 is 7.24. The van der Waals surface area contributed by atoms with Crippen LogP contribution < -0.4 is 10.1 Å². The SMILES string of the molecule is CCN(C)C(=O)C(C)NCc1cc(Br)cc(Br)c1OC. The van der Waals surface area contributed by atoms with Crippen LogP contribution >= 0.6 is 31.9 Å². The summed E-state index contributed by atoms with van der Waals surface area (Å²) in [6.45, 7) is 5.09. The summed E-state index contributed by atoms with van der Waals surface area (Å²) in [5.74, 6) is 0.865. The van der Waals surface area contributed by atoms with Gasteiger partial charge in [0.25, 0.3) is 0 Å². The van der Waals surface area contributed by atoms with Crippen molar-refractivity contribution in [2.24, 2.45) is 0 Å². The lowest BCUT2D eigenvalue weighted by atomic mass is 10.2. The minimum Gasteiger partial charge on any atom is -0.495 e. The molecule has 0 saturated heterocycles. The molecule has 1 N–H and O–H groups in total. The normalized spacial score (nSPS) is 12.1. The number of benzene rings is 1. The number of carbonyl (C=O) groups excluding carboxylic acids is 1. The quantitative estimate of drug-likeness (QED) is 0.787. The number of hydrogen-bond donors (Lipinski definition) is 1. The number of amides is 1. The zero-order valence-electron chi connectivity index (χ0n) is 12.2. The lowest BCUT2D eigenvalue weighted by Gasteiger charge is -2.21. The highest BCUT2D eigenvalue weighted by molar-refractivity contribution is 9.11. The Morgan fingerprint density at radius 1 is 1.45 bits per heavy atom. The number of hydrogen-bond acceptors (Lipinski definition) is 3. The third-order valence-electron chi connectivity index (χ3n) is 3.11. The van der Waals surface area contributed by atoms with Gasteiger partial charge in [-0.2, -0.15) is 0 Å². The maximum Gasteiger partial charge on any atom is 0.239 e. The van der Waals surface area contributed by atoms with Crippen LogP contribution in [0.1, 0.15) is 19.4 Å². The Bertz CT molecular complexity index is 480. The Hall–Kier alpha value is -0.590. The van der Waals surface area contributed by atoms with Crippen LogP contribution in [0.15, 0.2) is 21.1 Å². The minimum absolute atomic E-state index is 0.0838. The van der Waals surface area contributed by atoms with Crippen molar-refractivity contribution in [2.75, 3.05) is 20.7 Å². The van der Waals surface area contributed by atoms with E-state index in [2.05, 4.69) is 37.2 Å². The predicted molar refractivity (Wildman–Crippen MR) is 88.0 cm³/mol. The molecule has 0 bridgehead atoms. The number of nitrogens with zero attached hydrogens (tertiary/aromatic N) is 1. The summed E-state index contributed by atoms with van der Waals surface area (Å²) in [5.41, 5.74) is 0.993. The molecule has 0 aliphatic rings. The van der Waals surface area contributed by atoms with Gasteiger partial charge in [-0.3, -0.25) is 4.79 Å². The highest BCUT2D eigenvalue weighted by atomic mass is 79.9. The third kappa shape index (κ3) is 4.46. The van der Waals surface area contributed by atoms with E-state index in [4.69, 9.17) is 4.74 Å². The van der Waals surface area contributed by atoms with E-state index in [1.807, 2.05) is 26.0 Å². The van der Waals surface area contributed by atoms with Gasteiger partial charge < -0.3 is 15.0 Å². The van der Waals surface area contributed by atoms with Gasteiger partial charge in [0, 0.05) is 30.2 Å². The van der Waals surface area contributed by atoms with Crippen molar-refractivity contribution < 1.29 is 9.53 Å². The number of ether oxygens (including phenoxy) is 1. The van der Waals surface area contributed by atoms with Crippen molar-refractivity contribution in [3.63, 3.8) is 0 Å². The molecule has 20 heavy (non-hydrogen) atoms. The third-order valence-corrected chi connectivity index (χ3v) is 4.16. The van der Waals surface area contributed by atoms with E-state index in [9.17, 15) is 4.79 Å². The number of carbonyl (C=O) groups is 1. The maximum absolute atomic E-state index is 12.0. The summed E-state index contributed by atoms with van der Waals surface area (Å²) >= 11 is 6.93. The number of methoxy groups -OCH3 is 1. The van der Waals surface area contributed by atoms with E-state index in [0.29, 0.717) is 13.1 Å². The van der Waals surface area contributed by atoms with Gasteiger partial charge in [-0.05, 0) is 41.9 Å². The molecule has 1 unspecified atom stereocenters. The summed E-state index contributed by atoms with van der Waals surface area (Å²) in [6, 6.07) is 3.68. The van der Waals surface area contributed by atoms with Crippen molar-refractivity contribution >= 4 is 37.8 Å². The van der Waals surface area contributed by atoms with Crippen molar-refractivity contribution in [1.29, 1.82) is 0 Å². The molecule has 0 aliphatic heterocycles. The zero-order chi connectivity index (χ0) is 15.3. The average Bonchev–Trinajstić information content (AvgIpc) is 2.42. The Labute approximate surface area is 137 Å². The van der Waals surface area contributed by atoms with Gasteiger partial charge >= 0.3 is 0 Å². The number of halogens is 2. The molecule has 1 aromatic rings. The lowest BCUT2D eigenvalue weighted by molar-refractivity contribution is -0.131. The molecule has 0 aliphatic carbocycles. The van der Waals surface area contributed by atoms with Crippen LogP contribution in [0, 0.1) is 0 Å². The topological polar surface area (TPSA) is 41.6 Å². The fraction of sp³-hybridized carbons (Fsp3) is 0.500. The Kier molecular flexibility index (Phi) is 6.99. The van der Waals surface area contributed by atoms with Gasteiger partial charge in [0.2, 0.25) is 5.91 Å². The van der Waals surface area contributed by atoms with Crippen LogP contribution in [0.25, 0.3) is 0 Å². The monoisotopic (exact) mass is 406 g/mol. The molecule has 6 heteroatoms. The van der Waals surface area contributed by atoms with Crippen LogP contribution in [0.2, 0.25) is 0 Å². The highest BCUT2D eigenvalue weighted by Crippen LogP contribution is 2.32. The maximum atomic E-state index is 12.0. The predicted octanol–water partition coefficient (Wildman–Crippen LogP) is 3.18. The summed E-state index contributed by atoms with van der Waals surface area (Å²) in [5, 5.41) is 3.23. The lowest BCUT2D eigenvalue weighted by Crippen LogP contribution is -2.42. The first-order valence-electron chi connectivity index (χ1n) is 6.41. The van der Waals surface area contributed by atoms with Gasteiger partial charge in [-0.1, -0.05) is 15.9 Å². The minimum atomic E-state index is -0.234. The molecule has 1 amide bonds. The van der Waals surface area contributed by atoms with Crippen LogP contribution in [-0.2, 0) is 11.3 Å². The van der Waals surface area contributed by atoms with Crippen LogP contribution in [0.5, 0.6) is 5.75 Å². The average molecular weight is 408 g/mol. The van der Waals surface area contributed by atoms with Gasteiger partial charge in [0.05, 0.1) is 17.6 Å². The number of nitrogens with one attached hydrogen (secondary N) is 1. The van der Waals surface area contributed by atoms with Gasteiger partial charge in [-0.15, -0.1) is 0 Å². The second kappa shape index (κ2) is 8.00. The largest absolute Gasteiger partial charge is 0.495 e. The molecule has 0 spiro atoms. The van der Waals surface area contributed by atoms with E-state index in [1.54, 1.807) is 19.1 Å². The van der Waals surface area contributed by atoms with Crippen LogP contribution in [0.4, 0.5) is 0 Å². The Balaban J connectivity index is 2.77. The summed E-state index contributed by atoms with van der Waals surface area (Å²) in [4.78, 5) is 13.7. The summed E-state index contributed by atoms with van der Waals surface area (Å²) in [7, 11) is 3.44. The van der Waals surface area contributed by atoms with E-state index < -0.39 is 0 Å². The van der Waals surface area contributed by atoms with Crippen LogP contribution in [0.3, 0.4) is 0 Å². The van der Waals surface area contributed by atoms with E-state index in [1.165, 1.54) is 0 Å². The first-order chi connectivity index (χ1) is 9.40. The number of rotatable bonds is 6. The first-order valence-corrected chi connectivity index (χ1v) is 7.99. The molecule has 1 atom stereocenters.